The molecule has 0 saturated heterocycles. The quantitative estimate of drug-likeness (QED) is 0.777. The van der Waals surface area contributed by atoms with Gasteiger partial charge in [0.25, 0.3) is 0 Å². The molecule has 1 aromatic carbocycles. The molecule has 0 aliphatic heterocycles. The molecule has 1 unspecified atom stereocenters. The number of thiophene rings is 1. The van der Waals surface area contributed by atoms with Gasteiger partial charge in [0.2, 0.25) is 0 Å². The van der Waals surface area contributed by atoms with E-state index in [2.05, 4.69) is 29.1 Å². The number of hydrogen-bond donors (Lipinski definition) is 1. The van der Waals surface area contributed by atoms with Crippen molar-refractivity contribution in [2.45, 2.75) is 13.0 Å². The lowest BCUT2D eigenvalue weighted by Gasteiger charge is -2.15. The molecule has 0 fully saturated rings. The summed E-state index contributed by atoms with van der Waals surface area (Å²) in [7, 11) is 1.67. The van der Waals surface area contributed by atoms with Crippen LogP contribution >= 0.6 is 11.3 Å². The Morgan fingerprint density at radius 3 is 2.89 bits per heavy atom. The Bertz CT molecular complexity index is 485. The van der Waals surface area contributed by atoms with Gasteiger partial charge in [-0.15, -0.1) is 0 Å². The van der Waals surface area contributed by atoms with Crippen molar-refractivity contribution < 1.29 is 9.47 Å². The summed E-state index contributed by atoms with van der Waals surface area (Å²) in [4.78, 5) is 0. The smallest absolute Gasteiger partial charge is 0.121 e. The van der Waals surface area contributed by atoms with Crippen molar-refractivity contribution >= 4 is 17.0 Å². The van der Waals surface area contributed by atoms with Crippen LogP contribution in [0.15, 0.2) is 41.1 Å². The van der Waals surface area contributed by atoms with Gasteiger partial charge in [-0.2, -0.15) is 11.3 Å². The van der Waals surface area contributed by atoms with Gasteiger partial charge in [-0.3, -0.25) is 0 Å². The molecular formula is C15H19NO2S. The summed E-state index contributed by atoms with van der Waals surface area (Å²) in [5.74, 6) is 0.861. The summed E-state index contributed by atoms with van der Waals surface area (Å²) in [6.07, 6.45) is 0. The lowest BCUT2D eigenvalue weighted by Crippen LogP contribution is -2.07. The zero-order chi connectivity index (χ0) is 13.5. The number of rotatable bonds is 7. The Labute approximate surface area is 118 Å². The van der Waals surface area contributed by atoms with Gasteiger partial charge in [-0.1, -0.05) is 6.07 Å². The highest BCUT2D eigenvalue weighted by molar-refractivity contribution is 7.07. The second-order valence-electron chi connectivity index (χ2n) is 4.29. The van der Waals surface area contributed by atoms with Gasteiger partial charge in [0.05, 0.1) is 6.61 Å². The Kier molecular flexibility index (Phi) is 5.24. The van der Waals surface area contributed by atoms with Gasteiger partial charge in [0.1, 0.15) is 12.4 Å². The van der Waals surface area contributed by atoms with Crippen molar-refractivity contribution in [1.82, 2.24) is 0 Å². The van der Waals surface area contributed by atoms with Gasteiger partial charge < -0.3 is 14.8 Å². The maximum atomic E-state index is 5.60. The lowest BCUT2D eigenvalue weighted by atomic mass is 10.1. The third-order valence-corrected chi connectivity index (χ3v) is 3.52. The Hall–Kier alpha value is -1.52. The van der Waals surface area contributed by atoms with Crippen LogP contribution < -0.4 is 10.1 Å². The number of methoxy groups -OCH3 is 1. The molecule has 1 aromatic heterocycles. The molecule has 19 heavy (non-hydrogen) atoms. The van der Waals surface area contributed by atoms with Crippen LogP contribution in [0.3, 0.4) is 0 Å². The topological polar surface area (TPSA) is 30.5 Å². The van der Waals surface area contributed by atoms with E-state index in [4.69, 9.17) is 9.47 Å². The van der Waals surface area contributed by atoms with E-state index >= 15 is 0 Å². The molecular weight excluding hydrogens is 258 g/mol. The number of hydrogen-bond acceptors (Lipinski definition) is 4. The van der Waals surface area contributed by atoms with Gasteiger partial charge in [0, 0.05) is 24.9 Å². The Morgan fingerprint density at radius 2 is 2.16 bits per heavy atom. The summed E-state index contributed by atoms with van der Waals surface area (Å²) >= 11 is 1.72. The van der Waals surface area contributed by atoms with Gasteiger partial charge in [-0.25, -0.2) is 0 Å². The predicted octanol–water partition coefficient (Wildman–Crippen LogP) is 3.95. The first-order chi connectivity index (χ1) is 9.29. The zero-order valence-corrected chi connectivity index (χ0v) is 12.1. The monoisotopic (exact) mass is 277 g/mol. The van der Waals surface area contributed by atoms with E-state index < -0.39 is 0 Å². The summed E-state index contributed by atoms with van der Waals surface area (Å²) in [6, 6.07) is 10.4. The molecule has 1 heterocycles. The molecule has 0 spiro atoms. The summed E-state index contributed by atoms with van der Waals surface area (Å²) in [6.45, 7) is 3.32. The molecule has 0 amide bonds. The van der Waals surface area contributed by atoms with Crippen molar-refractivity contribution in [2.24, 2.45) is 0 Å². The van der Waals surface area contributed by atoms with E-state index in [1.807, 2.05) is 24.3 Å². The Morgan fingerprint density at radius 1 is 1.26 bits per heavy atom. The van der Waals surface area contributed by atoms with E-state index in [9.17, 15) is 0 Å². The molecule has 3 nitrogen and oxygen atoms in total. The molecule has 0 bridgehead atoms. The normalized spacial score (nSPS) is 12.1. The first-order valence-corrected chi connectivity index (χ1v) is 7.24. The summed E-state index contributed by atoms with van der Waals surface area (Å²) in [5, 5.41) is 7.73. The van der Waals surface area contributed by atoms with Crippen molar-refractivity contribution in [3.63, 3.8) is 0 Å². The lowest BCUT2D eigenvalue weighted by molar-refractivity contribution is 0.146. The fourth-order valence-corrected chi connectivity index (χ4v) is 2.53. The fraction of sp³-hybridized carbons (Fsp3) is 0.333. The first-order valence-electron chi connectivity index (χ1n) is 6.30. The van der Waals surface area contributed by atoms with Gasteiger partial charge in [0.15, 0.2) is 0 Å². The molecule has 4 heteroatoms. The van der Waals surface area contributed by atoms with Gasteiger partial charge in [-0.05, 0) is 41.4 Å². The second-order valence-corrected chi connectivity index (χ2v) is 5.07. The largest absolute Gasteiger partial charge is 0.491 e. The minimum atomic E-state index is 0.292. The standard InChI is InChI=1S/C15H19NO2S/c1-12(13-6-9-19-11-13)16-14-4-3-5-15(10-14)18-8-7-17-2/h3-6,9-12,16H,7-8H2,1-2H3. The van der Waals surface area contributed by atoms with Crippen LogP contribution in [-0.2, 0) is 4.74 Å². The number of anilines is 1. The number of nitrogens with one attached hydrogen (secondary N) is 1. The SMILES string of the molecule is COCCOc1cccc(NC(C)c2ccsc2)c1. The van der Waals surface area contributed by atoms with E-state index in [-0.39, 0.29) is 0 Å². The van der Waals surface area contributed by atoms with Crippen LogP contribution in [0.4, 0.5) is 5.69 Å². The average molecular weight is 277 g/mol. The number of ether oxygens (including phenoxy) is 2. The van der Waals surface area contributed by atoms with E-state index in [0.29, 0.717) is 19.3 Å². The number of benzene rings is 1. The van der Waals surface area contributed by atoms with E-state index in [1.165, 1.54) is 5.56 Å². The van der Waals surface area contributed by atoms with Crippen molar-refractivity contribution in [2.75, 3.05) is 25.6 Å². The van der Waals surface area contributed by atoms with Crippen molar-refractivity contribution in [3.8, 4) is 5.75 Å². The van der Waals surface area contributed by atoms with Crippen molar-refractivity contribution in [1.29, 1.82) is 0 Å². The molecule has 0 aliphatic carbocycles. The highest BCUT2D eigenvalue weighted by Gasteiger charge is 2.06. The average Bonchev–Trinajstić information content (AvgIpc) is 2.93. The van der Waals surface area contributed by atoms with Crippen LogP contribution in [0.1, 0.15) is 18.5 Å². The molecule has 0 saturated carbocycles. The molecule has 2 rings (SSSR count). The molecule has 2 aromatic rings. The van der Waals surface area contributed by atoms with E-state index in [1.54, 1.807) is 18.4 Å². The summed E-state index contributed by atoms with van der Waals surface area (Å²) < 4.78 is 10.6. The van der Waals surface area contributed by atoms with Crippen LogP contribution in [0, 0.1) is 0 Å². The second kappa shape index (κ2) is 7.16. The van der Waals surface area contributed by atoms with Crippen LogP contribution in [0.5, 0.6) is 5.75 Å². The minimum Gasteiger partial charge on any atom is -0.491 e. The first kappa shape index (κ1) is 13.9. The summed E-state index contributed by atoms with van der Waals surface area (Å²) in [5.41, 5.74) is 2.37. The molecule has 102 valence electrons. The van der Waals surface area contributed by atoms with Crippen molar-refractivity contribution in [3.05, 3.63) is 46.7 Å². The molecule has 1 N–H and O–H groups in total. The molecule has 0 radical (unpaired) electrons. The maximum Gasteiger partial charge on any atom is 0.121 e. The third-order valence-electron chi connectivity index (χ3n) is 2.82. The molecule has 0 aliphatic rings. The predicted molar refractivity (Wildman–Crippen MR) is 80.2 cm³/mol. The zero-order valence-electron chi connectivity index (χ0n) is 11.3. The maximum absolute atomic E-state index is 5.60. The highest BCUT2D eigenvalue weighted by Crippen LogP contribution is 2.23. The van der Waals surface area contributed by atoms with Crippen LogP contribution in [0.2, 0.25) is 0 Å². The van der Waals surface area contributed by atoms with Crippen LogP contribution in [0.25, 0.3) is 0 Å². The minimum absolute atomic E-state index is 0.292. The highest BCUT2D eigenvalue weighted by atomic mass is 32.1. The fourth-order valence-electron chi connectivity index (χ4n) is 1.77. The van der Waals surface area contributed by atoms with Gasteiger partial charge >= 0.3 is 0 Å². The van der Waals surface area contributed by atoms with Crippen LogP contribution in [-0.4, -0.2) is 20.3 Å². The Balaban J connectivity index is 1.95. The third kappa shape index (κ3) is 4.26. The molecule has 1 atom stereocenters. The van der Waals surface area contributed by atoms with E-state index in [0.717, 1.165) is 11.4 Å².